The van der Waals surface area contributed by atoms with E-state index in [9.17, 15) is 0 Å². The second-order valence-corrected chi connectivity index (χ2v) is 2.87. The Hall–Kier alpha value is 0.0649. The van der Waals surface area contributed by atoms with E-state index in [0.717, 1.165) is 0 Å². The summed E-state index contributed by atoms with van der Waals surface area (Å²) in [5.41, 5.74) is 0.583. The van der Waals surface area contributed by atoms with Crippen molar-refractivity contribution in [1.82, 2.24) is 0 Å². The highest BCUT2D eigenvalue weighted by Crippen LogP contribution is 2.22. The second kappa shape index (κ2) is 22.7. The molecule has 0 saturated heterocycles. The first kappa shape index (κ1) is 29.2. The average molecular weight is 187 g/mol. The molecule has 0 saturated carbocycles. The largest absolute Gasteiger partial charge is 0.0776 e. The van der Waals surface area contributed by atoms with Crippen LogP contribution in [-0.2, 0) is 0 Å². The molecule has 0 nitrogen and oxygen atoms in total. The summed E-state index contributed by atoms with van der Waals surface area (Å²) in [6, 6.07) is 0. The first-order valence-electron chi connectivity index (χ1n) is 5.12. The zero-order valence-corrected chi connectivity index (χ0v) is 10.5. The molecule has 1 heteroatoms. The van der Waals surface area contributed by atoms with Gasteiger partial charge in [-0.15, -0.1) is 0 Å². The zero-order chi connectivity index (χ0) is 9.91. The van der Waals surface area contributed by atoms with Gasteiger partial charge in [0, 0.05) is 8.41 Å². The van der Waals surface area contributed by atoms with E-state index >= 15 is 0 Å². The summed E-state index contributed by atoms with van der Waals surface area (Å²) in [5, 5.41) is 0. The van der Waals surface area contributed by atoms with Gasteiger partial charge in [-0.05, 0) is 5.41 Å². The highest BCUT2D eigenvalue weighted by atomic mass is 14.1. The Labute approximate surface area is 90.1 Å². The molecule has 0 fully saturated rings. The Kier molecular flexibility index (Phi) is 51.1. The van der Waals surface area contributed by atoms with Gasteiger partial charge in [0.25, 0.3) is 0 Å². The van der Waals surface area contributed by atoms with Crippen molar-refractivity contribution in [2.24, 2.45) is 5.41 Å². The zero-order valence-electron chi connectivity index (χ0n) is 10.5. The molecule has 0 bridgehead atoms. The Bertz CT molecular complexity index is 43.1. The maximum atomic E-state index is 2.30. The predicted molar refractivity (Wildman–Crippen MR) is 69.5 cm³/mol. The van der Waals surface area contributed by atoms with Crippen LogP contribution in [0.2, 0.25) is 0 Å². The van der Waals surface area contributed by atoms with E-state index in [0.29, 0.717) is 5.41 Å². The molecular weight excluding hydrogens is 155 g/mol. The molecule has 0 spiro atoms. The molecule has 0 aliphatic heterocycles. The van der Waals surface area contributed by atoms with Crippen LogP contribution >= 0.6 is 0 Å². The van der Waals surface area contributed by atoms with E-state index in [1.807, 2.05) is 27.7 Å². The van der Waals surface area contributed by atoms with E-state index in [-0.39, 0.29) is 15.8 Å². The van der Waals surface area contributed by atoms with Crippen LogP contribution in [0.3, 0.4) is 0 Å². The van der Waals surface area contributed by atoms with Crippen molar-refractivity contribution in [3.05, 3.63) is 0 Å². The minimum Gasteiger partial charge on any atom is -0.0776 e. The van der Waals surface area contributed by atoms with Gasteiger partial charge in [0.2, 0.25) is 0 Å². The molecule has 13 heavy (non-hydrogen) atoms. The van der Waals surface area contributed by atoms with Gasteiger partial charge in [0.1, 0.15) is 0 Å². The Morgan fingerprint density at radius 2 is 0.923 bits per heavy atom. The molecule has 0 heterocycles. The van der Waals surface area contributed by atoms with Gasteiger partial charge in [-0.2, -0.15) is 0 Å². The normalized spacial score (nSPS) is 7.38. The average Bonchev–Trinajstić information content (AvgIpc) is 2.12. The van der Waals surface area contributed by atoms with Crippen LogP contribution in [-0.4, -0.2) is 8.41 Å². The topological polar surface area (TPSA) is 0 Å². The first-order valence-corrected chi connectivity index (χ1v) is 5.12. The van der Waals surface area contributed by atoms with Gasteiger partial charge in [-0.25, -0.2) is 0 Å². The molecule has 0 N–H and O–H groups in total. The van der Waals surface area contributed by atoms with Crippen molar-refractivity contribution in [2.45, 2.75) is 75.7 Å². The lowest BCUT2D eigenvalue weighted by Gasteiger charge is -2.18. The highest BCUT2D eigenvalue weighted by Gasteiger charge is 2.09. The summed E-state index contributed by atoms with van der Waals surface area (Å²) in [4.78, 5) is 0. The minimum atomic E-state index is 0. The molecule has 0 atom stereocenters. The summed E-state index contributed by atoms with van der Waals surface area (Å²) in [5.74, 6) is 0. The van der Waals surface area contributed by atoms with Crippen molar-refractivity contribution in [3.63, 3.8) is 0 Å². The summed E-state index contributed by atoms with van der Waals surface area (Å²) >= 11 is 0. The predicted octanol–water partition coefficient (Wildman–Crippen LogP) is 5.14. The van der Waals surface area contributed by atoms with E-state index in [1.165, 1.54) is 12.8 Å². The van der Waals surface area contributed by atoms with E-state index in [4.69, 9.17) is 0 Å². The van der Waals surface area contributed by atoms with E-state index < -0.39 is 0 Å². The first-order chi connectivity index (χ1) is 5.12. The summed E-state index contributed by atoms with van der Waals surface area (Å²) in [6.07, 6.45) is 2.59. The van der Waals surface area contributed by atoms with Crippen molar-refractivity contribution in [2.75, 3.05) is 0 Å². The fourth-order valence-electron chi connectivity index (χ4n) is 0.250. The number of rotatable bonds is 2. The van der Waals surface area contributed by atoms with Crippen molar-refractivity contribution < 1.29 is 0 Å². The molecule has 0 aliphatic rings. The minimum absolute atomic E-state index is 0. The van der Waals surface area contributed by atoms with Crippen molar-refractivity contribution >= 4 is 8.41 Å². The highest BCUT2D eigenvalue weighted by molar-refractivity contribution is 5.75. The molecule has 83 valence electrons. The molecule has 0 aliphatic carbocycles. The summed E-state index contributed by atoms with van der Waals surface area (Å²) in [7, 11) is 0. The van der Waals surface area contributed by atoms with Crippen LogP contribution in [0.4, 0.5) is 0 Å². The third kappa shape index (κ3) is 33.2. The molecule has 3 radical (unpaired) electrons. The maximum absolute atomic E-state index is 2.30. The van der Waals surface area contributed by atoms with Crippen molar-refractivity contribution in [3.8, 4) is 0 Å². The van der Waals surface area contributed by atoms with Crippen LogP contribution in [0, 0.1) is 5.41 Å². The summed E-state index contributed by atoms with van der Waals surface area (Å²) < 4.78 is 0. The number of hydrogen-bond acceptors (Lipinski definition) is 0. The van der Waals surface area contributed by atoms with Gasteiger partial charge >= 0.3 is 0 Å². The standard InChI is InChI=1S/C7H16.2C2H6.CH4.B/c1-5-7(3,4)6-2;2*1-2;;/h5-6H2,1-4H3;2*1-2H3;1H4;. The van der Waals surface area contributed by atoms with Gasteiger partial charge in [0.15, 0.2) is 0 Å². The molecule has 0 rings (SSSR count). The summed E-state index contributed by atoms with van der Waals surface area (Å²) in [6.45, 7) is 17.1. The quantitative estimate of drug-likeness (QED) is 0.525. The van der Waals surface area contributed by atoms with Gasteiger partial charge in [0.05, 0.1) is 0 Å². The number of hydrogen-bond donors (Lipinski definition) is 0. The van der Waals surface area contributed by atoms with Gasteiger partial charge in [-0.1, -0.05) is 75.7 Å². The lowest BCUT2D eigenvalue weighted by molar-refractivity contribution is 0.338. The fourth-order valence-corrected chi connectivity index (χ4v) is 0.250. The lowest BCUT2D eigenvalue weighted by atomic mass is 9.88. The molecule has 0 aromatic heterocycles. The molecule has 0 amide bonds. The smallest absolute Gasteiger partial charge is 0 e. The Morgan fingerprint density at radius 1 is 0.769 bits per heavy atom. The van der Waals surface area contributed by atoms with E-state index in [2.05, 4.69) is 27.7 Å². The van der Waals surface area contributed by atoms with Crippen LogP contribution in [0.15, 0.2) is 0 Å². The van der Waals surface area contributed by atoms with Crippen molar-refractivity contribution in [1.29, 1.82) is 0 Å². The third-order valence-electron chi connectivity index (χ3n) is 1.91. The van der Waals surface area contributed by atoms with Crippen LogP contribution in [0.5, 0.6) is 0 Å². The molecule has 0 aromatic carbocycles. The van der Waals surface area contributed by atoms with Crippen LogP contribution < -0.4 is 0 Å². The second-order valence-electron chi connectivity index (χ2n) is 2.87. The monoisotopic (exact) mass is 187 g/mol. The third-order valence-corrected chi connectivity index (χ3v) is 1.91. The van der Waals surface area contributed by atoms with Gasteiger partial charge < -0.3 is 0 Å². The Morgan fingerprint density at radius 3 is 0.923 bits per heavy atom. The molecule has 0 aromatic rings. The van der Waals surface area contributed by atoms with Crippen LogP contribution in [0.25, 0.3) is 0 Å². The van der Waals surface area contributed by atoms with Gasteiger partial charge in [-0.3, -0.25) is 0 Å². The fraction of sp³-hybridized carbons (Fsp3) is 1.00. The molecular formula is C12H32B. The molecule has 0 unspecified atom stereocenters. The lowest BCUT2D eigenvalue weighted by Crippen LogP contribution is -2.05. The SMILES string of the molecule is C.CC.CC.CCC(C)(C)CC.[B]. The van der Waals surface area contributed by atoms with Crippen LogP contribution in [0.1, 0.15) is 75.7 Å². The van der Waals surface area contributed by atoms with E-state index in [1.54, 1.807) is 0 Å². The Balaban J connectivity index is -0.0000000315. The maximum Gasteiger partial charge on any atom is 0 e.